The molecule has 1 aliphatic rings. The van der Waals surface area contributed by atoms with E-state index in [1.807, 2.05) is 28.5 Å². The highest BCUT2D eigenvalue weighted by molar-refractivity contribution is 7.13. The van der Waals surface area contributed by atoms with E-state index in [1.165, 1.54) is 11.3 Å². The molecule has 0 saturated carbocycles. The Kier molecular flexibility index (Phi) is 6.86. The van der Waals surface area contributed by atoms with Gasteiger partial charge in [0.25, 0.3) is 0 Å². The van der Waals surface area contributed by atoms with Crippen LogP contribution in [0.15, 0.2) is 35.8 Å². The summed E-state index contributed by atoms with van der Waals surface area (Å²) in [5.74, 6) is 1.26. The van der Waals surface area contributed by atoms with Crippen LogP contribution in [0.1, 0.15) is 26.2 Å². The van der Waals surface area contributed by atoms with Gasteiger partial charge in [-0.3, -0.25) is 4.79 Å². The molecule has 150 valence electrons. The lowest BCUT2D eigenvalue weighted by molar-refractivity contribution is -0.117. The number of nitrogens with one attached hydrogen (secondary N) is 2. The van der Waals surface area contributed by atoms with Gasteiger partial charge >= 0.3 is 6.03 Å². The largest absolute Gasteiger partial charge is 0.497 e. The molecule has 3 amide bonds. The Morgan fingerprint density at radius 3 is 2.89 bits per heavy atom. The molecule has 0 radical (unpaired) electrons. The number of carbonyl (C=O) groups excluding carboxylic acids is 2. The first-order valence-electron chi connectivity index (χ1n) is 9.48. The zero-order valence-corrected chi connectivity index (χ0v) is 17.0. The Labute approximate surface area is 169 Å². The second-order valence-corrected chi connectivity index (χ2v) is 7.81. The topological polar surface area (TPSA) is 83.6 Å². The SMILES string of the molecule is CC[C@H]1CN(C(=O)Nc2cccc(OC)c2)CC[C@H]1CC(=O)Nc1nccs1. The molecule has 1 saturated heterocycles. The maximum atomic E-state index is 12.7. The van der Waals surface area contributed by atoms with Gasteiger partial charge in [-0.25, -0.2) is 9.78 Å². The number of amides is 3. The van der Waals surface area contributed by atoms with Crippen molar-refractivity contribution in [3.05, 3.63) is 35.8 Å². The predicted molar refractivity (Wildman–Crippen MR) is 111 cm³/mol. The molecule has 0 bridgehead atoms. The number of aromatic nitrogens is 1. The molecule has 1 aromatic heterocycles. The lowest BCUT2D eigenvalue weighted by atomic mass is 9.81. The number of likely N-dealkylation sites (tertiary alicyclic amines) is 1. The quantitative estimate of drug-likeness (QED) is 0.763. The molecule has 1 aliphatic heterocycles. The molecule has 2 atom stereocenters. The minimum Gasteiger partial charge on any atom is -0.497 e. The second-order valence-electron chi connectivity index (χ2n) is 6.91. The van der Waals surface area contributed by atoms with Crippen LogP contribution in [0.25, 0.3) is 0 Å². The lowest BCUT2D eigenvalue weighted by Crippen LogP contribution is -2.46. The zero-order chi connectivity index (χ0) is 19.9. The molecule has 7 nitrogen and oxygen atoms in total. The maximum Gasteiger partial charge on any atom is 0.321 e. The van der Waals surface area contributed by atoms with Crippen molar-refractivity contribution in [3.8, 4) is 5.75 Å². The molecule has 0 aliphatic carbocycles. The predicted octanol–water partition coefficient (Wildman–Crippen LogP) is 4.06. The first-order valence-corrected chi connectivity index (χ1v) is 10.4. The molecule has 2 aromatic rings. The molecule has 1 fully saturated rings. The van der Waals surface area contributed by atoms with Gasteiger partial charge in [-0.2, -0.15) is 0 Å². The van der Waals surface area contributed by atoms with Crippen LogP contribution in [0, 0.1) is 11.8 Å². The molecule has 2 N–H and O–H groups in total. The Bertz CT molecular complexity index is 797. The van der Waals surface area contributed by atoms with Crippen LogP contribution in [-0.4, -0.2) is 42.0 Å². The molecule has 28 heavy (non-hydrogen) atoms. The Hall–Kier alpha value is -2.61. The summed E-state index contributed by atoms with van der Waals surface area (Å²) in [5.41, 5.74) is 0.711. The van der Waals surface area contributed by atoms with Gasteiger partial charge in [0.05, 0.1) is 7.11 Å². The Balaban J connectivity index is 1.54. The third-order valence-electron chi connectivity index (χ3n) is 5.15. The molecule has 0 spiro atoms. The monoisotopic (exact) mass is 402 g/mol. The standard InChI is InChI=1S/C20H26N4O3S/c1-3-14-13-24(20(26)22-16-5-4-6-17(12-16)27-2)9-7-15(14)11-18(25)23-19-21-8-10-28-19/h4-6,8,10,12,14-15H,3,7,9,11,13H2,1-2H3,(H,22,26)(H,21,23,25)/t14-,15-/m0/s1. The van der Waals surface area contributed by atoms with Crippen molar-refractivity contribution < 1.29 is 14.3 Å². The fourth-order valence-corrected chi connectivity index (χ4v) is 4.14. The van der Waals surface area contributed by atoms with Gasteiger partial charge in [-0.1, -0.05) is 19.4 Å². The highest BCUT2D eigenvalue weighted by atomic mass is 32.1. The number of rotatable bonds is 6. The van der Waals surface area contributed by atoms with Crippen LogP contribution in [0.5, 0.6) is 5.75 Å². The van der Waals surface area contributed by atoms with Crippen molar-refractivity contribution in [1.82, 2.24) is 9.88 Å². The summed E-state index contributed by atoms with van der Waals surface area (Å²) in [4.78, 5) is 30.9. The molecule has 1 aromatic carbocycles. The van der Waals surface area contributed by atoms with Crippen molar-refractivity contribution in [1.29, 1.82) is 0 Å². The number of hydrogen-bond acceptors (Lipinski definition) is 5. The van der Waals surface area contributed by atoms with E-state index >= 15 is 0 Å². The Morgan fingerprint density at radius 1 is 1.32 bits per heavy atom. The summed E-state index contributed by atoms with van der Waals surface area (Å²) < 4.78 is 5.20. The van der Waals surface area contributed by atoms with Crippen LogP contribution >= 0.6 is 11.3 Å². The molecule has 0 unspecified atom stereocenters. The summed E-state index contributed by atoms with van der Waals surface area (Å²) in [6, 6.07) is 7.21. The number of nitrogens with zero attached hydrogens (tertiary/aromatic N) is 2. The first kappa shape index (κ1) is 20.1. The van der Waals surface area contributed by atoms with Crippen LogP contribution in [-0.2, 0) is 4.79 Å². The first-order chi connectivity index (χ1) is 13.6. The normalized spacial score (nSPS) is 19.1. The van der Waals surface area contributed by atoms with E-state index in [-0.39, 0.29) is 17.9 Å². The molecule has 3 rings (SSSR count). The summed E-state index contributed by atoms with van der Waals surface area (Å²) in [6.45, 7) is 3.41. The smallest absolute Gasteiger partial charge is 0.321 e. The molecular weight excluding hydrogens is 376 g/mol. The van der Waals surface area contributed by atoms with E-state index < -0.39 is 0 Å². The van der Waals surface area contributed by atoms with Gasteiger partial charge in [0.15, 0.2) is 5.13 Å². The van der Waals surface area contributed by atoms with Gasteiger partial charge in [-0.15, -0.1) is 11.3 Å². The van der Waals surface area contributed by atoms with Gasteiger partial charge in [-0.05, 0) is 30.4 Å². The van der Waals surface area contributed by atoms with Crippen molar-refractivity contribution in [3.63, 3.8) is 0 Å². The van der Waals surface area contributed by atoms with Crippen molar-refractivity contribution in [2.45, 2.75) is 26.2 Å². The molecular formula is C20H26N4O3S. The number of ether oxygens (including phenoxy) is 1. The second kappa shape index (κ2) is 9.54. The highest BCUT2D eigenvalue weighted by Crippen LogP contribution is 2.30. The number of benzene rings is 1. The van der Waals surface area contributed by atoms with Gasteiger partial charge < -0.3 is 20.3 Å². The van der Waals surface area contributed by atoms with Crippen LogP contribution in [0.2, 0.25) is 0 Å². The van der Waals surface area contributed by atoms with Crippen LogP contribution < -0.4 is 15.4 Å². The minimum absolute atomic E-state index is 0.00678. The fourth-order valence-electron chi connectivity index (χ4n) is 3.59. The van der Waals surface area contributed by atoms with Crippen LogP contribution in [0.3, 0.4) is 0 Å². The van der Waals surface area contributed by atoms with Crippen molar-refractivity contribution >= 4 is 34.1 Å². The average molecular weight is 403 g/mol. The van der Waals surface area contributed by atoms with Crippen molar-refractivity contribution in [2.75, 3.05) is 30.8 Å². The molecule has 8 heteroatoms. The number of urea groups is 1. The third-order valence-corrected chi connectivity index (χ3v) is 5.84. The number of hydrogen-bond donors (Lipinski definition) is 2. The van der Waals surface area contributed by atoms with E-state index in [1.54, 1.807) is 19.4 Å². The van der Waals surface area contributed by atoms with E-state index in [0.29, 0.717) is 42.0 Å². The number of carbonyl (C=O) groups is 2. The van der Waals surface area contributed by atoms with E-state index in [0.717, 1.165) is 12.8 Å². The van der Waals surface area contributed by atoms with Crippen LogP contribution in [0.4, 0.5) is 15.6 Å². The highest BCUT2D eigenvalue weighted by Gasteiger charge is 2.31. The van der Waals surface area contributed by atoms with Gasteiger partial charge in [0.2, 0.25) is 5.91 Å². The fraction of sp³-hybridized carbons (Fsp3) is 0.450. The zero-order valence-electron chi connectivity index (χ0n) is 16.2. The summed E-state index contributed by atoms with van der Waals surface area (Å²) >= 11 is 1.41. The molecule has 2 heterocycles. The van der Waals surface area contributed by atoms with Gasteiger partial charge in [0, 0.05) is 42.8 Å². The van der Waals surface area contributed by atoms with Crippen molar-refractivity contribution in [2.24, 2.45) is 11.8 Å². The summed E-state index contributed by atoms with van der Waals surface area (Å²) in [7, 11) is 1.60. The lowest BCUT2D eigenvalue weighted by Gasteiger charge is -2.38. The van der Waals surface area contributed by atoms with E-state index in [4.69, 9.17) is 4.74 Å². The number of methoxy groups -OCH3 is 1. The summed E-state index contributed by atoms with van der Waals surface area (Å²) in [5, 5.41) is 8.26. The third kappa shape index (κ3) is 5.22. The summed E-state index contributed by atoms with van der Waals surface area (Å²) in [6.07, 6.45) is 3.88. The number of anilines is 2. The Morgan fingerprint density at radius 2 is 2.18 bits per heavy atom. The average Bonchev–Trinajstić information content (AvgIpc) is 3.21. The number of piperidine rings is 1. The van der Waals surface area contributed by atoms with E-state index in [9.17, 15) is 9.59 Å². The van der Waals surface area contributed by atoms with Gasteiger partial charge in [0.1, 0.15) is 5.75 Å². The van der Waals surface area contributed by atoms with E-state index in [2.05, 4.69) is 22.5 Å². The minimum atomic E-state index is -0.114. The maximum absolute atomic E-state index is 12.7. The number of thiazole rings is 1.